The number of hydrogen-bond acceptors (Lipinski definition) is 12. The van der Waals surface area contributed by atoms with Crippen LogP contribution >= 0.6 is 0 Å². The lowest BCUT2D eigenvalue weighted by atomic mass is 9.90. The van der Waals surface area contributed by atoms with E-state index in [0.29, 0.717) is 55.2 Å². The van der Waals surface area contributed by atoms with E-state index in [1.165, 1.54) is 13.2 Å². The van der Waals surface area contributed by atoms with Crippen molar-refractivity contribution in [2.24, 2.45) is 0 Å². The largest absolute Gasteiger partial charge is 0.493 e. The van der Waals surface area contributed by atoms with Crippen LogP contribution in [0.3, 0.4) is 0 Å². The Balaban J connectivity index is 0.865. The van der Waals surface area contributed by atoms with Gasteiger partial charge in [0.15, 0.2) is 11.5 Å². The van der Waals surface area contributed by atoms with Gasteiger partial charge >= 0.3 is 0 Å². The normalized spacial score (nSPS) is 17.5. The van der Waals surface area contributed by atoms with Gasteiger partial charge in [-0.25, -0.2) is 8.42 Å². The molecule has 0 saturated carbocycles. The molecule has 17 heteroatoms. The summed E-state index contributed by atoms with van der Waals surface area (Å²) in [6, 6.07) is 15.6. The van der Waals surface area contributed by atoms with Gasteiger partial charge in [-0.2, -0.15) is 0 Å². The number of piperazine rings is 1. The summed E-state index contributed by atoms with van der Waals surface area (Å²) in [5, 5.41) is 8.18. The van der Waals surface area contributed by atoms with Crippen molar-refractivity contribution in [2.45, 2.75) is 83.1 Å². The second-order valence-corrected chi connectivity index (χ2v) is 18.9. The third-order valence-electron chi connectivity index (χ3n) is 11.9. The number of carbonyl (C=O) groups is 6. The summed E-state index contributed by atoms with van der Waals surface area (Å²) < 4.78 is 36.3. The van der Waals surface area contributed by atoms with Gasteiger partial charge in [-0.15, -0.1) is 0 Å². The number of rotatable bonds is 22. The van der Waals surface area contributed by atoms with E-state index in [1.807, 2.05) is 18.2 Å². The third kappa shape index (κ3) is 12.8. The third-order valence-corrected chi connectivity index (χ3v) is 12.8. The van der Waals surface area contributed by atoms with Crippen LogP contribution < -0.4 is 25.4 Å². The highest BCUT2D eigenvalue weighted by Crippen LogP contribution is 2.39. The molecular formula is C47H60N6O10S. The molecule has 0 aromatic heterocycles. The maximum absolute atomic E-state index is 14.0. The first kappa shape index (κ1) is 47.8. The highest BCUT2D eigenvalue weighted by atomic mass is 32.2. The van der Waals surface area contributed by atoms with Gasteiger partial charge in [0, 0.05) is 51.0 Å². The van der Waals surface area contributed by atoms with Crippen LogP contribution in [0.2, 0.25) is 0 Å². The fourth-order valence-corrected chi connectivity index (χ4v) is 9.52. The monoisotopic (exact) mass is 900 g/mol. The second-order valence-electron chi connectivity index (χ2n) is 16.7. The van der Waals surface area contributed by atoms with E-state index in [2.05, 4.69) is 25.8 Å². The topological polar surface area (TPSA) is 201 Å². The molecule has 6 rings (SSSR count). The molecule has 2 fully saturated rings. The van der Waals surface area contributed by atoms with Crippen LogP contribution in [-0.2, 0) is 29.0 Å². The number of unbranched alkanes of at least 4 members (excludes halogenated alkanes) is 6. The van der Waals surface area contributed by atoms with Crippen molar-refractivity contribution in [1.29, 1.82) is 0 Å². The molecule has 2 saturated heterocycles. The molecule has 0 bridgehead atoms. The zero-order valence-electron chi connectivity index (χ0n) is 37.0. The van der Waals surface area contributed by atoms with Crippen molar-refractivity contribution in [3.8, 4) is 11.5 Å². The summed E-state index contributed by atoms with van der Waals surface area (Å²) in [4.78, 5) is 83.0. The first-order chi connectivity index (χ1) is 30.7. The molecule has 344 valence electrons. The number of nitrogens with zero attached hydrogens (tertiary/aromatic N) is 3. The van der Waals surface area contributed by atoms with Gasteiger partial charge in [-0.05, 0) is 80.3 Å². The number of anilines is 2. The van der Waals surface area contributed by atoms with E-state index < -0.39 is 39.4 Å². The van der Waals surface area contributed by atoms with Crippen LogP contribution in [0.15, 0.2) is 60.7 Å². The Labute approximate surface area is 375 Å². The molecule has 6 amide bonds. The minimum Gasteiger partial charge on any atom is -0.493 e. The Bertz CT molecular complexity index is 2310. The number of nitrogens with one attached hydrogen (secondary N) is 3. The maximum atomic E-state index is 14.0. The van der Waals surface area contributed by atoms with E-state index >= 15 is 0 Å². The SMILES string of the molecule is CCOc1cc([C@@H](CS(C)(=O)=O)N2C(=O)c3cccc(NC(=O)CCCCCCCCCN4CCN(CC(=O)Nc5cccc(C6CCC(=O)NC6=O)c5)CC4)c3C2=O)ccc1OC. The molecule has 3 aliphatic heterocycles. The number of sulfone groups is 1. The Kier molecular flexibility index (Phi) is 16.7. The Morgan fingerprint density at radius 3 is 2.22 bits per heavy atom. The van der Waals surface area contributed by atoms with Crippen molar-refractivity contribution in [2.75, 3.05) is 75.6 Å². The number of piperidine rings is 1. The summed E-state index contributed by atoms with van der Waals surface area (Å²) in [6.07, 6.45) is 8.98. The number of amides is 6. The quantitative estimate of drug-likeness (QED) is 0.0869. The standard InChI is InChI=1S/C47H60N6O10S/c1-4-63-40-29-33(19-21-39(40)62-2)38(31-64(3,60)61)53-46(58)36-16-13-17-37(44(36)47(53)59)49-41(54)18-10-8-6-5-7-9-11-23-51-24-26-52(27-25-51)30-43(56)48-34-15-12-14-32(28-34)35-20-22-42(55)50-45(35)57/h12-17,19,21,28-29,35,38H,4-11,18,20,22-27,30-31H2,1-3H3,(H,48,56)(H,49,54)(H,50,55,57)/t35?,38-/m1/s1. The van der Waals surface area contributed by atoms with Crippen LogP contribution in [0.1, 0.15) is 115 Å². The predicted octanol–water partition coefficient (Wildman–Crippen LogP) is 5.31. The molecule has 3 aromatic rings. The number of methoxy groups -OCH3 is 1. The van der Waals surface area contributed by atoms with Crippen LogP contribution in [0.4, 0.5) is 11.4 Å². The number of hydrogen-bond donors (Lipinski definition) is 3. The lowest BCUT2D eigenvalue weighted by molar-refractivity contribution is -0.134. The molecule has 0 spiro atoms. The van der Waals surface area contributed by atoms with Crippen LogP contribution in [0, 0.1) is 0 Å². The van der Waals surface area contributed by atoms with Crippen LogP contribution in [0.25, 0.3) is 0 Å². The van der Waals surface area contributed by atoms with Crippen molar-refractivity contribution in [1.82, 2.24) is 20.0 Å². The van der Waals surface area contributed by atoms with Crippen molar-refractivity contribution in [3.63, 3.8) is 0 Å². The summed E-state index contributed by atoms with van der Waals surface area (Å²) in [7, 11) is -2.19. The van der Waals surface area contributed by atoms with Crippen LogP contribution in [0.5, 0.6) is 11.5 Å². The van der Waals surface area contributed by atoms with E-state index in [1.54, 1.807) is 43.3 Å². The number of carbonyl (C=O) groups excluding carboxylic acids is 6. The zero-order chi connectivity index (χ0) is 45.8. The van der Waals surface area contributed by atoms with Gasteiger partial charge in [0.25, 0.3) is 11.8 Å². The number of fused-ring (bicyclic) bond motifs is 1. The molecule has 0 aliphatic carbocycles. The molecule has 3 aromatic carbocycles. The van der Waals surface area contributed by atoms with E-state index in [0.717, 1.165) is 88.0 Å². The van der Waals surface area contributed by atoms with Gasteiger partial charge in [0.1, 0.15) is 9.84 Å². The molecule has 0 radical (unpaired) electrons. The number of imide groups is 2. The lowest BCUT2D eigenvalue weighted by Crippen LogP contribution is -2.48. The minimum atomic E-state index is -3.67. The van der Waals surface area contributed by atoms with Crippen molar-refractivity contribution >= 4 is 56.7 Å². The zero-order valence-corrected chi connectivity index (χ0v) is 37.8. The smallest absolute Gasteiger partial charge is 0.264 e. The second kappa shape index (κ2) is 22.3. The first-order valence-corrected chi connectivity index (χ1v) is 24.3. The van der Waals surface area contributed by atoms with E-state index in [9.17, 15) is 37.2 Å². The molecule has 1 unspecified atom stereocenters. The molecule has 3 aliphatic rings. The Morgan fingerprint density at radius 2 is 1.52 bits per heavy atom. The van der Waals surface area contributed by atoms with Crippen LogP contribution in [-0.4, -0.2) is 124 Å². The van der Waals surface area contributed by atoms with Gasteiger partial charge in [0.05, 0.1) is 54.8 Å². The summed E-state index contributed by atoms with van der Waals surface area (Å²) in [5.41, 5.74) is 2.15. The van der Waals surface area contributed by atoms with E-state index in [-0.39, 0.29) is 46.9 Å². The highest BCUT2D eigenvalue weighted by Gasteiger charge is 2.43. The summed E-state index contributed by atoms with van der Waals surface area (Å²) in [6.45, 7) is 6.84. The average molecular weight is 901 g/mol. The molecule has 64 heavy (non-hydrogen) atoms. The molecule has 2 atom stereocenters. The maximum Gasteiger partial charge on any atom is 0.264 e. The van der Waals surface area contributed by atoms with Gasteiger partial charge in [-0.3, -0.25) is 43.9 Å². The van der Waals surface area contributed by atoms with Gasteiger partial charge < -0.3 is 25.0 Å². The minimum absolute atomic E-state index is 0.0377. The van der Waals surface area contributed by atoms with E-state index in [4.69, 9.17) is 9.47 Å². The average Bonchev–Trinajstić information content (AvgIpc) is 3.51. The molecule has 3 heterocycles. The Hall–Kier alpha value is -5.65. The van der Waals surface area contributed by atoms with Crippen molar-refractivity contribution < 1.29 is 46.7 Å². The number of benzene rings is 3. The molecular weight excluding hydrogens is 841 g/mol. The summed E-state index contributed by atoms with van der Waals surface area (Å²) in [5.74, 6) is -2.39. The van der Waals surface area contributed by atoms with Gasteiger partial charge in [0.2, 0.25) is 23.6 Å². The lowest BCUT2D eigenvalue weighted by Gasteiger charge is -2.34. The Morgan fingerprint density at radius 1 is 0.812 bits per heavy atom. The highest BCUT2D eigenvalue weighted by molar-refractivity contribution is 7.90. The molecule has 3 N–H and O–H groups in total. The molecule has 16 nitrogen and oxygen atoms in total. The fraction of sp³-hybridized carbons (Fsp3) is 0.489. The van der Waals surface area contributed by atoms with Crippen molar-refractivity contribution in [3.05, 3.63) is 82.9 Å². The van der Waals surface area contributed by atoms with Gasteiger partial charge in [-0.1, -0.05) is 56.4 Å². The number of ether oxygens (including phenoxy) is 2. The summed E-state index contributed by atoms with van der Waals surface area (Å²) >= 11 is 0. The predicted molar refractivity (Wildman–Crippen MR) is 242 cm³/mol. The fourth-order valence-electron chi connectivity index (χ4n) is 8.60. The first-order valence-electron chi connectivity index (χ1n) is 22.2.